The highest BCUT2D eigenvalue weighted by molar-refractivity contribution is 7.08. The molecule has 128 valence electrons. The van der Waals surface area contributed by atoms with Crippen molar-refractivity contribution in [2.75, 3.05) is 26.3 Å². The first-order valence-electron chi connectivity index (χ1n) is 8.13. The molecule has 0 spiro atoms. The van der Waals surface area contributed by atoms with Gasteiger partial charge in [0, 0.05) is 30.4 Å². The SMILES string of the molecule is CCc1nnsc1C(=O)N1CCOCC(Cc2cc(C)ncn2)C1. The predicted octanol–water partition coefficient (Wildman–Crippen LogP) is 1.53. The molecule has 1 aliphatic heterocycles. The third-order valence-electron chi connectivity index (χ3n) is 4.07. The summed E-state index contributed by atoms with van der Waals surface area (Å²) in [5.74, 6) is 0.230. The molecule has 1 saturated heterocycles. The monoisotopic (exact) mass is 347 g/mol. The molecule has 2 aromatic rings. The summed E-state index contributed by atoms with van der Waals surface area (Å²) in [6.45, 7) is 6.38. The van der Waals surface area contributed by atoms with E-state index >= 15 is 0 Å². The minimum Gasteiger partial charge on any atom is -0.379 e. The Balaban J connectivity index is 1.71. The summed E-state index contributed by atoms with van der Waals surface area (Å²) in [7, 11) is 0. The molecule has 0 N–H and O–H groups in total. The van der Waals surface area contributed by atoms with Gasteiger partial charge in [0.15, 0.2) is 0 Å². The Morgan fingerprint density at radius 3 is 3.12 bits per heavy atom. The fourth-order valence-electron chi connectivity index (χ4n) is 2.85. The normalized spacial score (nSPS) is 18.4. The maximum absolute atomic E-state index is 12.8. The molecule has 2 aromatic heterocycles. The molecule has 1 unspecified atom stereocenters. The number of ether oxygens (including phenoxy) is 1. The summed E-state index contributed by atoms with van der Waals surface area (Å²) in [6, 6.07) is 1.99. The van der Waals surface area contributed by atoms with Gasteiger partial charge in [0.25, 0.3) is 5.91 Å². The van der Waals surface area contributed by atoms with Gasteiger partial charge in [0.1, 0.15) is 11.2 Å². The third-order valence-corrected chi connectivity index (χ3v) is 4.82. The Bertz CT molecular complexity index is 705. The van der Waals surface area contributed by atoms with Crippen LogP contribution in [0.25, 0.3) is 0 Å². The number of aryl methyl sites for hydroxylation is 2. The lowest BCUT2D eigenvalue weighted by Crippen LogP contribution is -2.36. The first-order valence-corrected chi connectivity index (χ1v) is 8.90. The van der Waals surface area contributed by atoms with Gasteiger partial charge in [0.2, 0.25) is 0 Å². The highest BCUT2D eigenvalue weighted by Gasteiger charge is 2.26. The van der Waals surface area contributed by atoms with Crippen LogP contribution in [0.1, 0.15) is 33.7 Å². The molecule has 24 heavy (non-hydrogen) atoms. The Kier molecular flexibility index (Phi) is 5.47. The first kappa shape index (κ1) is 16.9. The molecule has 7 nitrogen and oxygen atoms in total. The van der Waals surface area contributed by atoms with Gasteiger partial charge >= 0.3 is 0 Å². The van der Waals surface area contributed by atoms with Crippen molar-refractivity contribution < 1.29 is 9.53 Å². The van der Waals surface area contributed by atoms with Crippen molar-refractivity contribution in [3.05, 3.63) is 34.4 Å². The van der Waals surface area contributed by atoms with Crippen LogP contribution in [0.4, 0.5) is 0 Å². The van der Waals surface area contributed by atoms with Crippen LogP contribution in [0.15, 0.2) is 12.4 Å². The van der Waals surface area contributed by atoms with Crippen LogP contribution < -0.4 is 0 Å². The third kappa shape index (κ3) is 3.93. The Morgan fingerprint density at radius 2 is 2.33 bits per heavy atom. The lowest BCUT2D eigenvalue weighted by molar-refractivity contribution is 0.0741. The number of hydrogen-bond acceptors (Lipinski definition) is 7. The van der Waals surface area contributed by atoms with Crippen LogP contribution >= 0.6 is 11.5 Å². The fraction of sp³-hybridized carbons (Fsp3) is 0.562. The van der Waals surface area contributed by atoms with E-state index in [2.05, 4.69) is 19.6 Å². The van der Waals surface area contributed by atoms with Crippen molar-refractivity contribution in [3.8, 4) is 0 Å². The molecule has 3 rings (SSSR count). The van der Waals surface area contributed by atoms with E-state index in [9.17, 15) is 4.79 Å². The first-order chi connectivity index (χ1) is 11.7. The number of amides is 1. The van der Waals surface area contributed by atoms with Gasteiger partial charge in [0.05, 0.1) is 18.9 Å². The summed E-state index contributed by atoms with van der Waals surface area (Å²) in [4.78, 5) is 23.8. The number of hydrogen-bond donors (Lipinski definition) is 0. The standard InChI is InChI=1S/C16H21N5O2S/c1-3-14-15(24-20-19-14)16(22)21-4-5-23-9-12(8-21)7-13-6-11(2)17-10-18-13/h6,10,12H,3-5,7-9H2,1-2H3. The smallest absolute Gasteiger partial charge is 0.267 e. The van der Waals surface area contributed by atoms with Crippen LogP contribution in [-0.2, 0) is 17.6 Å². The van der Waals surface area contributed by atoms with Crippen LogP contribution in [0.5, 0.6) is 0 Å². The molecular weight excluding hydrogens is 326 g/mol. The van der Waals surface area contributed by atoms with E-state index in [0.717, 1.165) is 23.5 Å². The van der Waals surface area contributed by atoms with Crippen LogP contribution in [0.2, 0.25) is 0 Å². The molecule has 3 heterocycles. The van der Waals surface area contributed by atoms with Gasteiger partial charge in [-0.15, -0.1) is 5.10 Å². The lowest BCUT2D eigenvalue weighted by atomic mass is 10.0. The second-order valence-corrected chi connectivity index (χ2v) is 6.70. The second kappa shape index (κ2) is 7.76. The highest BCUT2D eigenvalue weighted by atomic mass is 32.1. The van der Waals surface area contributed by atoms with E-state index in [1.807, 2.05) is 24.8 Å². The van der Waals surface area contributed by atoms with Gasteiger partial charge in [-0.05, 0) is 37.4 Å². The zero-order chi connectivity index (χ0) is 16.9. The van der Waals surface area contributed by atoms with E-state index in [0.29, 0.717) is 37.6 Å². The van der Waals surface area contributed by atoms with Crippen molar-refractivity contribution in [2.24, 2.45) is 5.92 Å². The summed E-state index contributed by atoms with van der Waals surface area (Å²) < 4.78 is 9.62. The molecule has 8 heteroatoms. The van der Waals surface area contributed by atoms with E-state index in [4.69, 9.17) is 4.74 Å². The number of carbonyl (C=O) groups excluding carboxylic acids is 1. The minimum absolute atomic E-state index is 0.0104. The average molecular weight is 347 g/mol. The number of rotatable bonds is 4. The Labute approximate surface area is 145 Å². The molecule has 0 aliphatic carbocycles. The molecule has 0 saturated carbocycles. The zero-order valence-corrected chi connectivity index (χ0v) is 14.8. The summed E-state index contributed by atoms with van der Waals surface area (Å²) in [5.41, 5.74) is 2.71. The van der Waals surface area contributed by atoms with Crippen molar-refractivity contribution >= 4 is 17.4 Å². The van der Waals surface area contributed by atoms with Gasteiger partial charge in [-0.1, -0.05) is 11.4 Å². The molecule has 1 fully saturated rings. The Hall–Kier alpha value is -1.93. The summed E-state index contributed by atoms with van der Waals surface area (Å²) in [6.07, 6.45) is 3.07. The van der Waals surface area contributed by atoms with Crippen molar-refractivity contribution in [1.82, 2.24) is 24.5 Å². The van der Waals surface area contributed by atoms with Crippen LogP contribution in [-0.4, -0.2) is 56.7 Å². The maximum atomic E-state index is 12.8. The van der Waals surface area contributed by atoms with Crippen LogP contribution in [0, 0.1) is 12.8 Å². The molecule has 1 amide bonds. The quantitative estimate of drug-likeness (QED) is 0.834. The van der Waals surface area contributed by atoms with Gasteiger partial charge < -0.3 is 9.64 Å². The van der Waals surface area contributed by atoms with E-state index in [1.54, 1.807) is 6.33 Å². The van der Waals surface area contributed by atoms with E-state index < -0.39 is 0 Å². The van der Waals surface area contributed by atoms with Crippen LogP contribution in [0.3, 0.4) is 0 Å². The van der Waals surface area contributed by atoms with Crippen molar-refractivity contribution in [2.45, 2.75) is 26.7 Å². The average Bonchev–Trinajstić information content (AvgIpc) is 2.93. The van der Waals surface area contributed by atoms with E-state index in [-0.39, 0.29) is 11.8 Å². The molecule has 1 aliphatic rings. The molecular formula is C16H21N5O2S. The van der Waals surface area contributed by atoms with E-state index in [1.165, 1.54) is 11.5 Å². The molecule has 0 aromatic carbocycles. The van der Waals surface area contributed by atoms with Crippen molar-refractivity contribution in [1.29, 1.82) is 0 Å². The molecule has 0 bridgehead atoms. The topological polar surface area (TPSA) is 81.1 Å². The second-order valence-electron chi connectivity index (χ2n) is 5.95. The maximum Gasteiger partial charge on any atom is 0.267 e. The fourth-order valence-corrected chi connectivity index (χ4v) is 3.57. The minimum atomic E-state index is 0.0104. The predicted molar refractivity (Wildman–Crippen MR) is 90.0 cm³/mol. The van der Waals surface area contributed by atoms with Gasteiger partial charge in [-0.3, -0.25) is 4.79 Å². The Morgan fingerprint density at radius 1 is 1.46 bits per heavy atom. The number of carbonyl (C=O) groups is 1. The largest absolute Gasteiger partial charge is 0.379 e. The van der Waals surface area contributed by atoms with Gasteiger partial charge in [-0.25, -0.2) is 9.97 Å². The zero-order valence-electron chi connectivity index (χ0n) is 13.9. The molecule has 1 atom stereocenters. The van der Waals surface area contributed by atoms with Crippen molar-refractivity contribution in [3.63, 3.8) is 0 Å². The highest BCUT2D eigenvalue weighted by Crippen LogP contribution is 2.18. The number of nitrogens with zero attached hydrogens (tertiary/aromatic N) is 5. The lowest BCUT2D eigenvalue weighted by Gasteiger charge is -2.23. The summed E-state index contributed by atoms with van der Waals surface area (Å²) >= 11 is 1.18. The van der Waals surface area contributed by atoms with Gasteiger partial charge in [-0.2, -0.15) is 0 Å². The summed E-state index contributed by atoms with van der Waals surface area (Å²) in [5, 5.41) is 4.04. The number of aromatic nitrogens is 4. The molecule has 0 radical (unpaired) electrons.